The fourth-order valence-corrected chi connectivity index (χ4v) is 11.8. The van der Waals surface area contributed by atoms with Crippen molar-refractivity contribution < 1.29 is 73.2 Å². The maximum absolute atomic E-state index is 14.7. The van der Waals surface area contributed by atoms with Crippen molar-refractivity contribution >= 4 is 110 Å². The first-order valence-corrected chi connectivity index (χ1v) is 33.2. The highest BCUT2D eigenvalue weighted by atomic mass is 127. The van der Waals surface area contributed by atoms with Gasteiger partial charge < -0.3 is 68.3 Å². The van der Waals surface area contributed by atoms with Gasteiger partial charge in [-0.25, -0.2) is 0 Å². The van der Waals surface area contributed by atoms with Crippen LogP contribution in [0, 0.1) is 8.98 Å². The van der Waals surface area contributed by atoms with Crippen LogP contribution in [-0.2, 0) is 60.8 Å². The van der Waals surface area contributed by atoms with Crippen LogP contribution in [0.4, 0.5) is 5.69 Å². The Morgan fingerprint density at radius 1 is 0.573 bits per heavy atom. The van der Waals surface area contributed by atoms with E-state index < -0.39 is 84.1 Å². The lowest BCUT2D eigenvalue weighted by Gasteiger charge is -2.32. The average molecular weight is 1450 g/mol. The molecule has 30 heteroatoms. The molecule has 0 spiro atoms. The number of nitrogens with one attached hydrogen (secondary N) is 8. The number of carbonyl (C=O) groups excluding carboxylic acids is 8. The van der Waals surface area contributed by atoms with Crippen molar-refractivity contribution in [1.82, 2.24) is 56.4 Å². The molecule has 29 nitrogen and oxygen atoms in total. The van der Waals surface area contributed by atoms with E-state index in [9.17, 15) is 73.2 Å². The predicted molar refractivity (Wildman–Crippen MR) is 365 cm³/mol. The van der Waals surface area contributed by atoms with Crippen molar-refractivity contribution in [3.05, 3.63) is 105 Å². The zero-order valence-electron chi connectivity index (χ0n) is 54.0. The maximum atomic E-state index is 14.7. The van der Waals surface area contributed by atoms with E-state index in [2.05, 4.69) is 37.2 Å². The van der Waals surface area contributed by atoms with Crippen LogP contribution in [0.3, 0.4) is 0 Å². The van der Waals surface area contributed by atoms with Crippen molar-refractivity contribution in [3.63, 3.8) is 0 Å². The summed E-state index contributed by atoms with van der Waals surface area (Å²) in [6.07, 6.45) is 2.94. The van der Waals surface area contributed by atoms with Crippen LogP contribution in [-0.4, -0.2) is 245 Å². The summed E-state index contributed by atoms with van der Waals surface area (Å²) in [5, 5.41) is 67.9. The highest BCUT2D eigenvalue weighted by Gasteiger charge is 2.36. The minimum absolute atomic E-state index is 0.00460. The van der Waals surface area contributed by atoms with Crippen molar-refractivity contribution in [1.29, 1.82) is 5.41 Å². The summed E-state index contributed by atoms with van der Waals surface area (Å²) in [7, 11) is 1.40. The second kappa shape index (κ2) is 39.3. The van der Waals surface area contributed by atoms with Gasteiger partial charge in [-0.2, -0.15) is 0 Å². The Morgan fingerprint density at radius 2 is 1.12 bits per heavy atom. The third kappa shape index (κ3) is 26.7. The number of hydrogen-bond donors (Lipinski definition) is 13. The lowest BCUT2D eigenvalue weighted by atomic mass is 10.00. The van der Waals surface area contributed by atoms with Crippen LogP contribution < -0.4 is 43.0 Å². The molecule has 520 valence electrons. The Hall–Kier alpha value is -8.85. The highest BCUT2D eigenvalue weighted by Crippen LogP contribution is 2.23. The van der Waals surface area contributed by atoms with Gasteiger partial charge in [-0.1, -0.05) is 61.4 Å². The summed E-state index contributed by atoms with van der Waals surface area (Å²) >= 11 is 1.94. The molecular weight excluding hydrogens is 1360 g/mol. The molecule has 0 aromatic heterocycles. The smallest absolute Gasteiger partial charge is 0.317 e. The Bertz CT molecular complexity index is 3350. The first kappa shape index (κ1) is 76.2. The van der Waals surface area contributed by atoms with Crippen LogP contribution in [0.1, 0.15) is 85.7 Å². The number of aliphatic carboxylic acids is 3. The number of nitrogens with zero attached hydrogens (tertiary/aromatic N) is 5. The largest absolute Gasteiger partial charge is 0.507 e. The first-order chi connectivity index (χ1) is 45.9. The molecule has 2 saturated heterocycles. The zero-order chi connectivity index (χ0) is 69.7. The number of amidine groups is 1. The molecule has 2 aliphatic rings. The van der Waals surface area contributed by atoms with Gasteiger partial charge >= 0.3 is 17.9 Å². The lowest BCUT2D eigenvalue weighted by molar-refractivity contribution is -0.142. The van der Waals surface area contributed by atoms with Crippen molar-refractivity contribution in [2.24, 2.45) is 5.73 Å². The van der Waals surface area contributed by atoms with Gasteiger partial charge in [0.1, 0.15) is 29.9 Å². The summed E-state index contributed by atoms with van der Waals surface area (Å²) < 4.78 is 0.483. The van der Waals surface area contributed by atoms with Gasteiger partial charge in [0, 0.05) is 109 Å². The number of carboxylic acids is 3. The van der Waals surface area contributed by atoms with Crippen LogP contribution in [0.25, 0.3) is 10.8 Å². The summed E-state index contributed by atoms with van der Waals surface area (Å²) in [5.41, 5.74) is 7.61. The molecule has 2 aliphatic heterocycles. The summed E-state index contributed by atoms with van der Waals surface area (Å²) in [6.45, 7) is 1.08. The molecular formula is C66H89IN14O15. The summed E-state index contributed by atoms with van der Waals surface area (Å²) in [5.74, 6) is -7.76. The number of benzene rings is 4. The second-order valence-electron chi connectivity index (χ2n) is 24.0. The number of rotatable bonds is 29. The minimum Gasteiger partial charge on any atom is -0.507 e. The van der Waals surface area contributed by atoms with Crippen molar-refractivity contribution in [2.45, 2.75) is 101 Å². The quantitative estimate of drug-likeness (QED) is 0.0157. The monoisotopic (exact) mass is 1440 g/mol. The van der Waals surface area contributed by atoms with Crippen LogP contribution in [0.15, 0.2) is 84.9 Å². The molecule has 2 fully saturated rings. The number of phenolic OH excluding ortho intramolecular Hbond substituents is 1. The number of halogens is 1. The van der Waals surface area contributed by atoms with E-state index in [1.54, 1.807) is 39.0 Å². The van der Waals surface area contributed by atoms with Crippen LogP contribution in [0.5, 0.6) is 5.75 Å². The second-order valence-corrected chi connectivity index (χ2v) is 25.2. The fourth-order valence-electron chi connectivity index (χ4n) is 11.2. The Morgan fingerprint density at radius 3 is 1.73 bits per heavy atom. The standard InChI is InChI=1S/C66H89IN14O15/c1-77-53(65(95)75-50(12-6-7-14-55(68)69)64(94)76-51(36-43-16-18-45-10-4-5-11-47(45)34-43)63(93)72-38-57(84)74-52(66(77)96)37-44-17-23-54(82)49(67)35-44)13-9-25-71-62(92)46-19-21-48(22-20-46)73-56(83)15-3-2-8-24-70-58(85)39-78-26-28-79(40-59(86)87)30-32-81(42-61(90)91)33-31-80(29-27-78)41-60(88)89/h4-5,10-11,16-23,34-35,50-53,82H,2-3,6-9,12-15,24-33,36-42H2,1H3,(H3,68,69)(H,70,85)(H,71,92)(H,72,93)(H,73,83)(H,74,84)(H,75,95)(H,76,94)(H,86,87)(H,88,89)(H,90,91)/t50-,51-,52+,53+/m0/s1. The SMILES string of the molecule is CN1C(=O)[C@@H](Cc2ccc(O)c(I)c2)NC(=O)CNC(=O)[C@H](Cc2ccc3ccccc3c2)NC(=O)[C@H](CCCCC(=N)N)NC(=O)[C@H]1CCCNC(=O)c1ccc(NC(=O)CCCCCNC(=O)CN2CCN(CC(=O)O)CCN(CC(=O)O)CCN(CC(=O)O)CC2)cc1. The topological polar surface area (TPSA) is 419 Å². The third-order valence-corrected chi connectivity index (χ3v) is 17.3. The number of anilines is 1. The van der Waals surface area contributed by atoms with Crippen molar-refractivity contribution in [3.8, 4) is 5.75 Å². The average Bonchev–Trinajstić information content (AvgIpc) is 1.13. The third-order valence-electron chi connectivity index (χ3n) is 16.5. The van der Waals surface area contributed by atoms with E-state index in [0.717, 1.165) is 10.8 Å². The molecule has 0 unspecified atom stereocenters. The number of hydrogen-bond acceptors (Lipinski definition) is 17. The van der Waals surface area contributed by atoms with Gasteiger partial charge in [-0.3, -0.25) is 77.7 Å². The number of nitrogens with two attached hydrogens (primary N) is 1. The number of unbranched alkanes of at least 4 members (excludes halogenated alkanes) is 3. The molecule has 4 aromatic rings. The van der Waals surface area contributed by atoms with Crippen LogP contribution >= 0.6 is 22.6 Å². The van der Waals surface area contributed by atoms with Crippen molar-refractivity contribution in [2.75, 3.05) is 111 Å². The molecule has 14 N–H and O–H groups in total. The molecule has 0 aliphatic carbocycles. The van der Waals surface area contributed by atoms with Gasteiger partial charge in [0.25, 0.3) is 5.91 Å². The number of fused-ring (bicyclic) bond motifs is 1. The van der Waals surface area contributed by atoms with E-state index in [-0.39, 0.29) is 146 Å². The number of amides is 8. The normalized spacial score (nSPS) is 18.8. The van der Waals surface area contributed by atoms with Gasteiger partial charge in [0.05, 0.1) is 42.1 Å². The minimum atomic E-state index is -1.28. The van der Waals surface area contributed by atoms with E-state index >= 15 is 0 Å². The first-order valence-electron chi connectivity index (χ1n) is 32.1. The highest BCUT2D eigenvalue weighted by molar-refractivity contribution is 14.1. The van der Waals surface area contributed by atoms with E-state index in [0.29, 0.717) is 72.1 Å². The molecule has 4 atom stereocenters. The molecule has 2 heterocycles. The van der Waals surface area contributed by atoms with Gasteiger partial charge in [-0.05, 0) is 119 Å². The maximum Gasteiger partial charge on any atom is 0.317 e. The number of carbonyl (C=O) groups is 11. The number of aromatic hydroxyl groups is 1. The van der Waals surface area contributed by atoms with E-state index in [1.807, 2.05) is 70.0 Å². The van der Waals surface area contributed by atoms with Gasteiger partial charge in [0.15, 0.2) is 0 Å². The van der Waals surface area contributed by atoms with E-state index in [4.69, 9.17) is 11.1 Å². The van der Waals surface area contributed by atoms with Gasteiger partial charge in [-0.15, -0.1) is 0 Å². The fraction of sp³-hybridized carbons (Fsp3) is 0.485. The lowest BCUT2D eigenvalue weighted by Crippen LogP contribution is -2.58. The van der Waals surface area contributed by atoms with E-state index in [1.165, 1.54) is 30.1 Å². The zero-order valence-corrected chi connectivity index (χ0v) is 56.1. The predicted octanol–water partition coefficient (Wildman–Crippen LogP) is 1.14. The van der Waals surface area contributed by atoms with Crippen LogP contribution in [0.2, 0.25) is 0 Å². The number of carboxylic acid groups (broad SMARTS) is 3. The molecule has 6 rings (SSSR count). The number of likely N-dealkylation sites (N-methyl/N-ethyl adjacent to an activating group) is 1. The summed E-state index contributed by atoms with van der Waals surface area (Å²) in [6, 6.07) is 19.1. The molecule has 0 bridgehead atoms. The molecule has 8 amide bonds. The Labute approximate surface area is 570 Å². The molecule has 4 aromatic carbocycles. The molecule has 0 saturated carbocycles. The molecule has 0 radical (unpaired) electrons. The number of phenols is 1. The summed E-state index contributed by atoms with van der Waals surface area (Å²) in [4.78, 5) is 154. The Balaban J connectivity index is 1.03. The Kier molecular flexibility index (Phi) is 31.1. The van der Waals surface area contributed by atoms with Gasteiger partial charge in [0.2, 0.25) is 41.4 Å². The molecule has 96 heavy (non-hydrogen) atoms.